The molecule has 0 aromatic rings. The Labute approximate surface area is 206 Å². The van der Waals surface area contributed by atoms with Crippen LogP contribution in [0.5, 0.6) is 0 Å². The van der Waals surface area contributed by atoms with Crippen LogP contribution in [0.25, 0.3) is 0 Å². The van der Waals surface area contributed by atoms with Gasteiger partial charge < -0.3 is 47.2 Å². The van der Waals surface area contributed by atoms with Gasteiger partial charge in [0.25, 0.3) is 0 Å². The van der Waals surface area contributed by atoms with Crippen LogP contribution < -0.4 is 70.6 Å². The molecule has 0 amide bonds. The third-order valence-electron chi connectivity index (χ3n) is 1.42. The summed E-state index contributed by atoms with van der Waals surface area (Å²) in [5.41, 5.74) is 9.80. The molecule has 0 radical (unpaired) electrons. The summed E-state index contributed by atoms with van der Waals surface area (Å²) < 4.78 is 59.5. The molecule has 0 heterocycles. The number of nitrogens with two attached hydrogens (primary N) is 2. The van der Waals surface area contributed by atoms with E-state index < -0.39 is 53.8 Å². The predicted octanol–water partition coefficient (Wildman–Crippen LogP) is -11.3. The first kappa shape index (κ1) is 46.5. The molecule has 2 unspecified atom stereocenters. The van der Waals surface area contributed by atoms with E-state index in [9.17, 15) is 35.5 Å². The van der Waals surface area contributed by atoms with Crippen molar-refractivity contribution >= 4 is 51.8 Å². The molecule has 0 spiro atoms. The van der Waals surface area contributed by atoms with Gasteiger partial charge in [-0.15, -0.1) is 0 Å². The first-order valence-corrected chi connectivity index (χ1v) is 10.6. The van der Waals surface area contributed by atoms with Crippen LogP contribution in [0.1, 0.15) is 0 Å². The van der Waals surface area contributed by atoms with Crippen LogP contribution in [0.3, 0.4) is 0 Å². The van der Waals surface area contributed by atoms with E-state index in [4.69, 9.17) is 21.7 Å². The fourth-order valence-corrected chi connectivity index (χ4v) is 3.25. The Balaban J connectivity index is -0.0000000500. The smallest absolute Gasteiger partial charge is 0.739 e. The molecule has 0 rings (SSSR count). The minimum Gasteiger partial charge on any atom is -0.739 e. The molecule has 0 saturated carbocycles. The molecular weight excluding hydrogens is 482 g/mol. The Bertz CT molecular complexity index is 534. The zero-order chi connectivity index (χ0) is 18.1. The van der Waals surface area contributed by atoms with Crippen LogP contribution in [0.15, 0.2) is 0 Å². The number of carbonyl (C=O) groups is 2. The van der Waals surface area contributed by atoms with Crippen LogP contribution in [-0.4, -0.2) is 88.1 Å². The second kappa shape index (κ2) is 22.0. The predicted molar refractivity (Wildman–Crippen MR) is 86.4 cm³/mol. The van der Waals surface area contributed by atoms with Gasteiger partial charge in [0.15, 0.2) is 0 Å². The van der Waals surface area contributed by atoms with Gasteiger partial charge in [0, 0.05) is 11.5 Å². The Morgan fingerprint density at radius 1 is 0.778 bits per heavy atom. The molecule has 2 atom stereocenters. The number of rotatable bonds is 8. The topological polar surface area (TPSA) is 336 Å². The van der Waals surface area contributed by atoms with E-state index in [1.807, 2.05) is 0 Å². The fraction of sp³-hybridized carbons (Fsp3) is 0.667. The van der Waals surface area contributed by atoms with E-state index in [-0.39, 0.29) is 97.1 Å². The van der Waals surface area contributed by atoms with Crippen LogP contribution in [0.4, 0.5) is 0 Å². The molecule has 12 N–H and O–H groups in total. The van der Waals surface area contributed by atoms with Crippen LogP contribution >= 0.6 is 21.6 Å². The molecule has 15 nitrogen and oxygen atoms in total. The largest absolute Gasteiger partial charge is 1.00 e. The minimum atomic E-state index is -4.43. The Morgan fingerprint density at radius 3 is 1.07 bits per heavy atom. The maximum atomic E-state index is 9.98. The van der Waals surface area contributed by atoms with Crippen LogP contribution in [0.2, 0.25) is 0 Å². The Morgan fingerprint density at radius 2 is 0.963 bits per heavy atom. The molecule has 27 heavy (non-hydrogen) atoms. The van der Waals surface area contributed by atoms with Crippen molar-refractivity contribution in [2.75, 3.05) is 11.5 Å². The SMILES string of the molecule is NC(CSS(=O)(=O)[O-])C(=O)O.NC(CSS(=O)(=O)[O-])C(=O)O.O.O.O.[Na+].[Na+]. The minimum absolute atomic E-state index is 0. The molecule has 0 bridgehead atoms. The fourth-order valence-electron chi connectivity index (χ4n) is 0.456. The van der Waals surface area contributed by atoms with Crippen molar-refractivity contribution in [1.82, 2.24) is 0 Å². The van der Waals surface area contributed by atoms with E-state index in [1.54, 1.807) is 0 Å². The second-order valence-corrected chi connectivity index (χ2v) is 9.91. The molecule has 156 valence electrons. The van der Waals surface area contributed by atoms with Crippen molar-refractivity contribution in [2.45, 2.75) is 12.1 Å². The van der Waals surface area contributed by atoms with E-state index >= 15 is 0 Å². The summed E-state index contributed by atoms with van der Waals surface area (Å²) >= 11 is 0. The number of hydrogen-bond acceptors (Lipinski definition) is 12. The summed E-state index contributed by atoms with van der Waals surface area (Å²) in [6, 6.07) is -2.63. The van der Waals surface area contributed by atoms with E-state index in [2.05, 4.69) is 0 Å². The van der Waals surface area contributed by atoms with Gasteiger partial charge in [-0.25, -0.2) is 16.8 Å². The van der Waals surface area contributed by atoms with Crippen molar-refractivity contribution in [3.05, 3.63) is 0 Å². The van der Waals surface area contributed by atoms with E-state index in [1.165, 1.54) is 0 Å². The van der Waals surface area contributed by atoms with Gasteiger partial charge in [-0.05, 0) is 21.6 Å². The number of hydrogen-bond donors (Lipinski definition) is 4. The van der Waals surface area contributed by atoms with Crippen molar-refractivity contribution in [3.8, 4) is 0 Å². The van der Waals surface area contributed by atoms with Crippen molar-refractivity contribution in [3.63, 3.8) is 0 Å². The summed E-state index contributed by atoms with van der Waals surface area (Å²) in [6.45, 7) is 0. The summed E-state index contributed by atoms with van der Waals surface area (Å²) in [4.78, 5) is 20.0. The summed E-state index contributed by atoms with van der Waals surface area (Å²) in [7, 11) is -8.90. The quantitative estimate of drug-likeness (QED) is 0.136. The number of carboxylic acid groups (broad SMARTS) is 2. The van der Waals surface area contributed by atoms with Crippen molar-refractivity contribution in [2.24, 2.45) is 11.5 Å². The summed E-state index contributed by atoms with van der Waals surface area (Å²) in [6.07, 6.45) is 0. The van der Waals surface area contributed by atoms with Gasteiger partial charge in [0.2, 0.25) is 0 Å². The first-order chi connectivity index (χ1) is 9.65. The molecule has 0 fully saturated rings. The van der Waals surface area contributed by atoms with E-state index in [0.29, 0.717) is 0 Å². The number of carboxylic acids is 2. The van der Waals surface area contributed by atoms with Crippen molar-refractivity contribution < 1.29 is 121 Å². The summed E-state index contributed by atoms with van der Waals surface area (Å²) in [5.74, 6) is -3.52. The average Bonchev–Trinajstić information content (AvgIpc) is 2.31. The van der Waals surface area contributed by atoms with Crippen LogP contribution in [0, 0.1) is 0 Å². The second-order valence-electron chi connectivity index (χ2n) is 3.27. The van der Waals surface area contributed by atoms with Gasteiger partial charge in [0.1, 0.15) is 30.4 Å². The average molecular weight is 500 g/mol. The molecule has 0 saturated heterocycles. The molecule has 0 aliphatic carbocycles. The summed E-state index contributed by atoms with van der Waals surface area (Å²) in [5, 5.41) is 16.3. The molecular formula is C6H18N2Na2O13S4. The third kappa shape index (κ3) is 38.5. The molecule has 0 aromatic heterocycles. The van der Waals surface area contributed by atoms with Gasteiger partial charge in [0.05, 0.1) is 0 Å². The standard InChI is InChI=1S/2C3H7NO5S2.2Na.3H2O/c2*4-2(3(5)6)1-10-11(7,8)9;;;;;/h2*2H,1,4H2,(H,5,6)(H,7,8,9);;;3*1H2/q;;2*+1;;;/p-2. The monoisotopic (exact) mass is 500 g/mol. The third-order valence-corrected chi connectivity index (χ3v) is 5.53. The molecule has 0 aromatic carbocycles. The van der Waals surface area contributed by atoms with E-state index in [0.717, 1.165) is 0 Å². The normalized spacial score (nSPS) is 11.7. The zero-order valence-electron chi connectivity index (χ0n) is 14.0. The number of aliphatic carboxylic acids is 2. The zero-order valence-corrected chi connectivity index (χ0v) is 21.3. The maximum Gasteiger partial charge on any atom is 1.00 e. The van der Waals surface area contributed by atoms with Gasteiger partial charge in [-0.3, -0.25) is 9.59 Å². The molecule has 0 aliphatic heterocycles. The first-order valence-electron chi connectivity index (χ1n) is 4.83. The maximum absolute atomic E-state index is 9.98. The van der Waals surface area contributed by atoms with Gasteiger partial charge in [-0.2, -0.15) is 0 Å². The molecule has 21 heteroatoms. The van der Waals surface area contributed by atoms with Gasteiger partial charge >= 0.3 is 71.1 Å². The van der Waals surface area contributed by atoms with Gasteiger partial charge in [-0.1, -0.05) is 0 Å². The molecule has 0 aliphatic rings. The van der Waals surface area contributed by atoms with Crippen LogP contribution in [-0.2, 0) is 27.9 Å². The Hall–Kier alpha value is 1.26. The Kier molecular flexibility index (Phi) is 37.8. The van der Waals surface area contributed by atoms with Crippen molar-refractivity contribution in [1.29, 1.82) is 0 Å².